The molecule has 0 amide bonds. The number of furan rings is 1. The van der Waals surface area contributed by atoms with E-state index >= 15 is 0 Å². The van der Waals surface area contributed by atoms with Crippen LogP contribution in [-0.4, -0.2) is 24.8 Å². The Bertz CT molecular complexity index is 643. The first-order valence-corrected chi connectivity index (χ1v) is 8.42. The van der Waals surface area contributed by atoms with E-state index in [9.17, 15) is 5.11 Å². The molecule has 2 N–H and O–H groups in total. The summed E-state index contributed by atoms with van der Waals surface area (Å²) >= 11 is 0. The van der Waals surface area contributed by atoms with Crippen LogP contribution in [0.4, 0.5) is 11.4 Å². The van der Waals surface area contributed by atoms with Gasteiger partial charge in [-0.3, -0.25) is 0 Å². The van der Waals surface area contributed by atoms with E-state index in [-0.39, 0.29) is 0 Å². The lowest BCUT2D eigenvalue weighted by Gasteiger charge is -2.34. The second-order valence-electron chi connectivity index (χ2n) is 6.42. The van der Waals surface area contributed by atoms with Gasteiger partial charge in [0.15, 0.2) is 0 Å². The smallest absolute Gasteiger partial charge is 0.106 e. The van der Waals surface area contributed by atoms with E-state index in [2.05, 4.69) is 40.5 Å². The Balaban J connectivity index is 1.70. The molecule has 1 aliphatic rings. The van der Waals surface area contributed by atoms with E-state index in [1.807, 2.05) is 13.8 Å². The number of anilines is 2. The Morgan fingerprint density at radius 1 is 1.22 bits per heavy atom. The second-order valence-corrected chi connectivity index (χ2v) is 6.42. The standard InChI is InChI=1S/C19H26N2O2/c1-14-11-17(15(2)23-14)12-20-18-5-3-4-6-19(18)21-9-7-16(13-22)8-10-21/h3-6,11,16,20,22H,7-10,12-13H2,1-2H3. The zero-order valence-electron chi connectivity index (χ0n) is 14.0. The molecule has 23 heavy (non-hydrogen) atoms. The van der Waals surface area contributed by atoms with Gasteiger partial charge in [0, 0.05) is 31.8 Å². The van der Waals surface area contributed by atoms with E-state index < -0.39 is 0 Å². The fourth-order valence-corrected chi connectivity index (χ4v) is 3.30. The lowest BCUT2D eigenvalue weighted by molar-refractivity contribution is 0.203. The van der Waals surface area contributed by atoms with E-state index in [1.165, 1.54) is 11.3 Å². The number of hydrogen-bond acceptors (Lipinski definition) is 4. The Morgan fingerprint density at radius 2 is 1.96 bits per heavy atom. The number of nitrogens with zero attached hydrogens (tertiary/aromatic N) is 1. The molecule has 1 aliphatic heterocycles. The highest BCUT2D eigenvalue weighted by Crippen LogP contribution is 2.30. The van der Waals surface area contributed by atoms with Gasteiger partial charge in [-0.2, -0.15) is 0 Å². The molecule has 4 nitrogen and oxygen atoms in total. The van der Waals surface area contributed by atoms with Crippen LogP contribution in [0.3, 0.4) is 0 Å². The van der Waals surface area contributed by atoms with Crippen molar-refractivity contribution in [1.82, 2.24) is 0 Å². The summed E-state index contributed by atoms with van der Waals surface area (Å²) in [5, 5.41) is 12.9. The zero-order valence-corrected chi connectivity index (χ0v) is 14.0. The van der Waals surface area contributed by atoms with Crippen molar-refractivity contribution < 1.29 is 9.52 Å². The van der Waals surface area contributed by atoms with Crippen molar-refractivity contribution in [2.45, 2.75) is 33.2 Å². The van der Waals surface area contributed by atoms with E-state index in [4.69, 9.17) is 4.42 Å². The minimum absolute atomic E-state index is 0.312. The van der Waals surface area contributed by atoms with Gasteiger partial charge < -0.3 is 19.7 Å². The van der Waals surface area contributed by atoms with E-state index in [0.29, 0.717) is 12.5 Å². The highest BCUT2D eigenvalue weighted by Gasteiger charge is 2.20. The molecule has 4 heteroatoms. The van der Waals surface area contributed by atoms with Crippen LogP contribution in [0.2, 0.25) is 0 Å². The average Bonchev–Trinajstić information content (AvgIpc) is 2.91. The third-order valence-electron chi connectivity index (χ3n) is 4.73. The molecular formula is C19H26N2O2. The molecule has 124 valence electrons. The molecule has 1 saturated heterocycles. The Kier molecular flexibility index (Phi) is 4.91. The summed E-state index contributed by atoms with van der Waals surface area (Å²) in [6.45, 7) is 7.09. The molecule has 2 heterocycles. The highest BCUT2D eigenvalue weighted by atomic mass is 16.3. The summed E-state index contributed by atoms with van der Waals surface area (Å²) in [6.07, 6.45) is 2.12. The normalized spacial score (nSPS) is 15.9. The van der Waals surface area contributed by atoms with Gasteiger partial charge in [0.25, 0.3) is 0 Å². The van der Waals surface area contributed by atoms with Crippen LogP contribution in [0.5, 0.6) is 0 Å². The van der Waals surface area contributed by atoms with Gasteiger partial charge in [0.2, 0.25) is 0 Å². The van der Waals surface area contributed by atoms with Crippen molar-refractivity contribution in [3.05, 3.63) is 47.4 Å². The Hall–Kier alpha value is -1.94. The Labute approximate surface area is 138 Å². The molecule has 0 bridgehead atoms. The lowest BCUT2D eigenvalue weighted by atomic mass is 9.97. The number of para-hydroxylation sites is 2. The molecule has 0 spiro atoms. The molecule has 0 atom stereocenters. The Morgan fingerprint density at radius 3 is 2.61 bits per heavy atom. The molecule has 1 aromatic heterocycles. The van der Waals surface area contributed by atoms with Gasteiger partial charge in [-0.15, -0.1) is 0 Å². The van der Waals surface area contributed by atoms with Crippen molar-refractivity contribution in [2.75, 3.05) is 29.9 Å². The number of benzene rings is 1. The van der Waals surface area contributed by atoms with Crippen LogP contribution in [-0.2, 0) is 6.54 Å². The van der Waals surface area contributed by atoms with E-state index in [0.717, 1.165) is 49.7 Å². The third-order valence-corrected chi connectivity index (χ3v) is 4.73. The molecule has 2 aromatic rings. The summed E-state index contributed by atoms with van der Waals surface area (Å²) in [5.74, 6) is 2.40. The first-order valence-electron chi connectivity index (χ1n) is 8.42. The van der Waals surface area contributed by atoms with Crippen LogP contribution >= 0.6 is 0 Å². The number of aliphatic hydroxyl groups excluding tert-OH is 1. The monoisotopic (exact) mass is 314 g/mol. The van der Waals surface area contributed by atoms with Crippen LogP contribution in [0.1, 0.15) is 29.9 Å². The number of hydrogen-bond donors (Lipinski definition) is 2. The van der Waals surface area contributed by atoms with Crippen LogP contribution in [0, 0.1) is 19.8 Å². The largest absolute Gasteiger partial charge is 0.466 e. The van der Waals surface area contributed by atoms with Crippen molar-refractivity contribution in [3.8, 4) is 0 Å². The predicted molar refractivity (Wildman–Crippen MR) is 94.0 cm³/mol. The number of piperidine rings is 1. The minimum atomic E-state index is 0.312. The fourth-order valence-electron chi connectivity index (χ4n) is 3.30. The highest BCUT2D eigenvalue weighted by molar-refractivity contribution is 5.70. The SMILES string of the molecule is Cc1cc(CNc2ccccc2N2CCC(CO)CC2)c(C)o1. The second kappa shape index (κ2) is 7.09. The summed E-state index contributed by atoms with van der Waals surface area (Å²) in [7, 11) is 0. The minimum Gasteiger partial charge on any atom is -0.466 e. The zero-order chi connectivity index (χ0) is 16.2. The molecule has 0 unspecified atom stereocenters. The maximum absolute atomic E-state index is 9.30. The summed E-state index contributed by atoms with van der Waals surface area (Å²) in [4.78, 5) is 2.42. The number of aryl methyl sites for hydroxylation is 2. The van der Waals surface area contributed by atoms with Crippen molar-refractivity contribution in [3.63, 3.8) is 0 Å². The van der Waals surface area contributed by atoms with Crippen LogP contribution < -0.4 is 10.2 Å². The molecule has 0 aliphatic carbocycles. The van der Waals surface area contributed by atoms with Gasteiger partial charge in [-0.05, 0) is 50.8 Å². The lowest BCUT2D eigenvalue weighted by Crippen LogP contribution is -2.35. The van der Waals surface area contributed by atoms with Crippen molar-refractivity contribution in [2.24, 2.45) is 5.92 Å². The molecule has 0 radical (unpaired) electrons. The quantitative estimate of drug-likeness (QED) is 0.883. The number of nitrogens with one attached hydrogen (secondary N) is 1. The maximum Gasteiger partial charge on any atom is 0.106 e. The van der Waals surface area contributed by atoms with Crippen molar-refractivity contribution >= 4 is 11.4 Å². The van der Waals surface area contributed by atoms with Gasteiger partial charge in [-0.1, -0.05) is 12.1 Å². The number of rotatable bonds is 5. The van der Waals surface area contributed by atoms with Crippen LogP contribution in [0.25, 0.3) is 0 Å². The van der Waals surface area contributed by atoms with Crippen LogP contribution in [0.15, 0.2) is 34.7 Å². The maximum atomic E-state index is 9.30. The van der Waals surface area contributed by atoms with E-state index in [1.54, 1.807) is 0 Å². The topological polar surface area (TPSA) is 48.6 Å². The average molecular weight is 314 g/mol. The summed E-state index contributed by atoms with van der Waals surface area (Å²) in [5.41, 5.74) is 3.62. The molecule has 1 fully saturated rings. The summed E-state index contributed by atoms with van der Waals surface area (Å²) in [6, 6.07) is 10.6. The third kappa shape index (κ3) is 3.70. The predicted octanol–water partition coefficient (Wildman–Crippen LogP) is 3.72. The molecule has 1 aromatic carbocycles. The van der Waals surface area contributed by atoms with Gasteiger partial charge in [0.05, 0.1) is 11.4 Å². The first-order chi connectivity index (χ1) is 11.2. The molecule has 3 rings (SSSR count). The number of aliphatic hydroxyl groups is 1. The van der Waals surface area contributed by atoms with Gasteiger partial charge >= 0.3 is 0 Å². The van der Waals surface area contributed by atoms with Gasteiger partial charge in [-0.25, -0.2) is 0 Å². The van der Waals surface area contributed by atoms with Crippen molar-refractivity contribution in [1.29, 1.82) is 0 Å². The molecular weight excluding hydrogens is 288 g/mol. The fraction of sp³-hybridized carbons (Fsp3) is 0.474. The van der Waals surface area contributed by atoms with Gasteiger partial charge in [0.1, 0.15) is 11.5 Å². The summed E-state index contributed by atoms with van der Waals surface area (Å²) < 4.78 is 5.60. The first kappa shape index (κ1) is 15.9. The molecule has 0 saturated carbocycles.